The third kappa shape index (κ3) is 26.4. The van der Waals surface area contributed by atoms with Crippen molar-refractivity contribution in [3.05, 3.63) is 108 Å². The van der Waals surface area contributed by atoms with Crippen molar-refractivity contribution in [1.29, 1.82) is 0 Å². The summed E-state index contributed by atoms with van der Waals surface area (Å²) in [5.41, 5.74) is 0.424. The monoisotopic (exact) mass is 1500 g/mol. The summed E-state index contributed by atoms with van der Waals surface area (Å²) in [5, 5.41) is 0. The first-order chi connectivity index (χ1) is 52.2. The van der Waals surface area contributed by atoms with Gasteiger partial charge in [-0.05, 0) is 230 Å². The first-order valence-corrected chi connectivity index (χ1v) is 43.8. The van der Waals surface area contributed by atoms with E-state index in [0.29, 0.717) is 75.5 Å². The molecular weight excluding hydrogens is 1350 g/mol. The average molecular weight is 1500 g/mol. The number of hydrogen-bond donors (Lipinski definition) is 0. The van der Waals surface area contributed by atoms with E-state index >= 15 is 0 Å². The summed E-state index contributed by atoms with van der Waals surface area (Å²) in [7, 11) is 0. The summed E-state index contributed by atoms with van der Waals surface area (Å²) in [5.74, 6) is 0. The van der Waals surface area contributed by atoms with Crippen molar-refractivity contribution >= 4 is 36.6 Å². The molecule has 0 spiro atoms. The number of ether oxygens (including phenoxy) is 6. The van der Waals surface area contributed by atoms with Gasteiger partial charge < -0.3 is 38.2 Å². The molecule has 7 saturated carbocycles. The van der Waals surface area contributed by atoms with Crippen LogP contribution in [0, 0.1) is 0 Å². The van der Waals surface area contributed by atoms with Gasteiger partial charge in [0.2, 0.25) is 0 Å². The topological polar surface area (TPSA) is 171 Å². The third-order valence-corrected chi connectivity index (χ3v) is 26.3. The van der Waals surface area contributed by atoms with E-state index < -0.39 is 52.4 Å². The van der Waals surface area contributed by atoms with E-state index in [4.69, 9.17) is 28.4 Å². The Hall–Kier alpha value is -6.32. The number of carbonyl (C=O) groups is 6. The van der Waals surface area contributed by atoms with E-state index in [1.54, 1.807) is 0 Å². The van der Waals surface area contributed by atoms with Crippen LogP contribution < -0.4 is 0 Å². The number of hydrogen-bond acceptors (Lipinski definition) is 12. The second-order valence-corrected chi connectivity index (χ2v) is 33.3. The summed E-state index contributed by atoms with van der Waals surface area (Å²) in [6, 6.07) is 31.4. The second kappa shape index (κ2) is 45.3. The molecule has 0 N–H and O–H groups in total. The summed E-state index contributed by atoms with van der Waals surface area (Å²) in [6.45, 7) is 22.8. The molecule has 7 fully saturated rings. The molecule has 7 aliphatic rings. The van der Waals surface area contributed by atoms with Crippen molar-refractivity contribution in [3.8, 4) is 0 Å². The zero-order valence-corrected chi connectivity index (χ0v) is 69.4. The summed E-state index contributed by atoms with van der Waals surface area (Å²) in [4.78, 5) is 85.8. The molecule has 16 heteroatoms. The van der Waals surface area contributed by atoms with E-state index in [9.17, 15) is 28.8 Å². The minimum absolute atomic E-state index is 0.0209. The normalized spacial score (nSPS) is 19.1. The van der Waals surface area contributed by atoms with Crippen molar-refractivity contribution in [3.63, 3.8) is 0 Å². The molecule has 16 nitrogen and oxygen atoms in total. The Labute approximate surface area is 653 Å². The smallest absolute Gasteiger partial charge is 0.419 e. The molecule has 0 aliphatic heterocycles. The van der Waals surface area contributed by atoms with Gasteiger partial charge in [-0.2, -0.15) is 0 Å². The average Bonchev–Trinajstić information content (AvgIpc) is 0.935. The van der Waals surface area contributed by atoms with Crippen molar-refractivity contribution in [2.24, 2.45) is 0 Å². The number of amides is 6. The highest BCUT2D eigenvalue weighted by molar-refractivity contribution is 5.89. The van der Waals surface area contributed by atoms with Crippen LogP contribution in [-0.4, -0.2) is 121 Å². The van der Waals surface area contributed by atoms with Crippen LogP contribution in [0.2, 0.25) is 0 Å². The van der Waals surface area contributed by atoms with Gasteiger partial charge in [0.05, 0.1) is 0 Å². The lowest BCUT2D eigenvalue weighted by Gasteiger charge is -2.42. The number of carbonyl (C=O) groups excluding carboxylic acids is 6. The molecular formula is C92H146N4O12. The number of nitrogens with zero attached hydrogens (tertiary/aromatic N) is 4. The van der Waals surface area contributed by atoms with Crippen molar-refractivity contribution in [2.45, 2.75) is 423 Å². The van der Waals surface area contributed by atoms with E-state index in [1.807, 2.05) is 146 Å². The van der Waals surface area contributed by atoms with Crippen LogP contribution in [0.25, 0.3) is 0 Å². The van der Waals surface area contributed by atoms with Gasteiger partial charge in [0, 0.05) is 37.3 Å². The zero-order valence-electron chi connectivity index (χ0n) is 69.4. The van der Waals surface area contributed by atoms with Gasteiger partial charge in [-0.1, -0.05) is 243 Å². The van der Waals surface area contributed by atoms with Gasteiger partial charge in [0.1, 0.15) is 33.6 Å². The van der Waals surface area contributed by atoms with Crippen LogP contribution >= 0.6 is 0 Å². The van der Waals surface area contributed by atoms with E-state index in [1.165, 1.54) is 133 Å². The first kappa shape index (κ1) is 88.9. The molecule has 0 aromatic heterocycles. The maximum atomic E-state index is 13.3. The number of imide groups is 2. The largest absolute Gasteiger partial charge is 0.443 e. The standard InChI is InChI=1S/C26H39NO4.C24H39NO4.C22H33NO2.C20H35NO2/c1-3-25(17-10-6-11-18-25)30-23(28)27(21-16-22-14-8-5-9-15-22)24(29)31-26(4-2)19-12-7-13-20-26;1-7-23(8-2,9-3)28-21(26)25(19-18-20-16-14-13-15-17-20)22(27)29-24(10-4,11-5)12-6;1-22(2,18-12-6-3-7-13-18)25-21(24)23(19-14-8-4-9-15-19)20-16-10-5-11-17-20;1-2-20(15-9-10-16-20)23-19(22)21(17-11-5-3-6-12-17)18-13-7-4-8-14-18/h5,8-9,14-15H,3-4,6-7,10-13,16-21H2,1-2H3;13-17H,7-12,18-19H2,1-6H3;3,6-7,12-13,19-20H,4-5,8-11,14-17H2,1-2H3;17-18H,2-16H2,1H3. The fraction of sp³-hybridized carbons (Fsp3) is 0.739. The molecule has 3 aromatic rings. The first-order valence-electron chi connectivity index (χ1n) is 43.8. The van der Waals surface area contributed by atoms with Gasteiger partial charge in [0.25, 0.3) is 0 Å². The Kier molecular flexibility index (Phi) is 37.2. The maximum Gasteiger partial charge on any atom is 0.419 e. The summed E-state index contributed by atoms with van der Waals surface area (Å²) >= 11 is 0. The van der Waals surface area contributed by atoms with Crippen molar-refractivity contribution in [1.82, 2.24) is 19.6 Å². The van der Waals surface area contributed by atoms with Crippen molar-refractivity contribution < 1.29 is 57.2 Å². The summed E-state index contributed by atoms with van der Waals surface area (Å²) in [6.07, 6.45) is 44.8. The molecule has 0 bridgehead atoms. The molecule has 606 valence electrons. The zero-order chi connectivity index (χ0) is 77.9. The van der Waals surface area contributed by atoms with E-state index in [0.717, 1.165) is 131 Å². The van der Waals surface area contributed by atoms with Crippen LogP contribution in [0.3, 0.4) is 0 Å². The molecule has 0 atom stereocenters. The molecule has 10 rings (SSSR count). The van der Waals surface area contributed by atoms with E-state index in [2.05, 4.69) is 30.6 Å². The lowest BCUT2D eigenvalue weighted by molar-refractivity contribution is -0.0546. The lowest BCUT2D eigenvalue weighted by Crippen LogP contribution is -2.51. The highest BCUT2D eigenvalue weighted by Gasteiger charge is 2.45. The Morgan fingerprint density at radius 1 is 0.324 bits per heavy atom. The fourth-order valence-electron chi connectivity index (χ4n) is 18.2. The predicted molar refractivity (Wildman–Crippen MR) is 434 cm³/mol. The van der Waals surface area contributed by atoms with Gasteiger partial charge in [-0.25, -0.2) is 38.6 Å². The van der Waals surface area contributed by atoms with Crippen LogP contribution in [0.1, 0.15) is 369 Å². The molecule has 7 aliphatic carbocycles. The molecule has 6 amide bonds. The molecule has 3 aromatic carbocycles. The summed E-state index contributed by atoms with van der Waals surface area (Å²) < 4.78 is 36.1. The number of rotatable bonds is 26. The van der Waals surface area contributed by atoms with Gasteiger partial charge in [-0.3, -0.25) is 0 Å². The molecule has 108 heavy (non-hydrogen) atoms. The highest BCUT2D eigenvalue weighted by atomic mass is 16.6. The van der Waals surface area contributed by atoms with Gasteiger partial charge in [-0.15, -0.1) is 0 Å². The molecule has 0 unspecified atom stereocenters. The van der Waals surface area contributed by atoms with Crippen molar-refractivity contribution in [2.75, 3.05) is 13.1 Å². The Morgan fingerprint density at radius 3 is 0.880 bits per heavy atom. The van der Waals surface area contributed by atoms with Gasteiger partial charge >= 0.3 is 36.6 Å². The number of benzene rings is 3. The SMILES string of the molecule is CC(C)(OC(=O)N(C1CCCCC1)C1CCCCC1)c1ccccc1.CCC(CC)(CC)OC(=O)N(CCc1ccccc1)C(=O)OC(CC)(CC)CC.CCC1(OC(=O)N(C2CCCCC2)C2CCCCC2)CCCC1.CCC1(OC(=O)N(CCc2ccccc2)C(=O)OC2(CC)CCCCC2)CCCCC1. The Morgan fingerprint density at radius 2 is 0.583 bits per heavy atom. The fourth-order valence-corrected chi connectivity index (χ4v) is 18.2. The van der Waals surface area contributed by atoms with E-state index in [-0.39, 0.29) is 30.9 Å². The van der Waals surface area contributed by atoms with Gasteiger partial charge in [0.15, 0.2) is 0 Å². The van der Waals surface area contributed by atoms with Crippen LogP contribution in [0.15, 0.2) is 91.0 Å². The maximum absolute atomic E-state index is 13.3. The minimum Gasteiger partial charge on any atom is -0.443 e. The predicted octanol–water partition coefficient (Wildman–Crippen LogP) is 25.6. The molecule has 0 radical (unpaired) electrons. The second-order valence-electron chi connectivity index (χ2n) is 33.3. The quantitative estimate of drug-likeness (QED) is 0.0698. The van der Waals surface area contributed by atoms with Crippen LogP contribution in [-0.2, 0) is 46.9 Å². The Balaban J connectivity index is 0.000000202. The molecule has 0 heterocycles. The minimum atomic E-state index is -0.617. The highest BCUT2D eigenvalue weighted by Crippen LogP contribution is 2.42. The lowest BCUT2D eigenvalue weighted by atomic mass is 9.83. The third-order valence-electron chi connectivity index (χ3n) is 26.3. The molecule has 0 saturated heterocycles. The van der Waals surface area contributed by atoms with Crippen LogP contribution in [0.4, 0.5) is 28.8 Å². The Bertz CT molecular complexity index is 2930. The van der Waals surface area contributed by atoms with Crippen LogP contribution in [0.5, 0.6) is 0 Å².